The first-order valence-corrected chi connectivity index (χ1v) is 3.11. The van der Waals surface area contributed by atoms with Crippen LogP contribution in [0.5, 0.6) is 0 Å². The van der Waals surface area contributed by atoms with Crippen molar-refractivity contribution in [1.29, 1.82) is 0 Å². The van der Waals surface area contributed by atoms with Gasteiger partial charge in [-0.1, -0.05) is 42.5 Å². The summed E-state index contributed by atoms with van der Waals surface area (Å²) in [5.41, 5.74) is 1.26. The van der Waals surface area contributed by atoms with Crippen molar-refractivity contribution >= 4 is 6.08 Å². The number of rotatable bonds is 1. The zero-order valence-corrected chi connectivity index (χ0v) is 6.25. The minimum Gasteiger partial charge on any atom is -0.344 e. The van der Waals surface area contributed by atoms with E-state index >= 15 is 0 Å². The van der Waals surface area contributed by atoms with E-state index in [1.807, 2.05) is 31.2 Å². The highest BCUT2D eigenvalue weighted by molar-refractivity contribution is 5.47. The minimum absolute atomic E-state index is 0. The maximum Gasteiger partial charge on any atom is -0.0260 e. The summed E-state index contributed by atoms with van der Waals surface area (Å²) < 4.78 is 0. The fourth-order valence-corrected chi connectivity index (χ4v) is 0.757. The van der Waals surface area contributed by atoms with Gasteiger partial charge in [-0.3, -0.25) is 0 Å². The molecule has 1 rings (SSSR count). The van der Waals surface area contributed by atoms with Crippen molar-refractivity contribution in [2.75, 3.05) is 0 Å². The first-order chi connectivity index (χ1) is 4.43. The maximum absolute atomic E-state index is 2.08. The van der Waals surface area contributed by atoms with Gasteiger partial charge in [-0.25, -0.2) is 0 Å². The van der Waals surface area contributed by atoms with E-state index in [0.29, 0.717) is 0 Å². The first-order valence-electron chi connectivity index (χ1n) is 3.11. The third-order valence-electron chi connectivity index (χ3n) is 1.16. The smallest absolute Gasteiger partial charge is 0.0260 e. The second-order valence-corrected chi connectivity index (χ2v) is 1.91. The van der Waals surface area contributed by atoms with Crippen LogP contribution in [0.25, 0.3) is 6.08 Å². The van der Waals surface area contributed by atoms with Gasteiger partial charge in [-0.15, -0.1) is 0 Å². The van der Waals surface area contributed by atoms with Crippen LogP contribution in [0.15, 0.2) is 36.4 Å². The van der Waals surface area contributed by atoms with Crippen LogP contribution in [0.2, 0.25) is 0 Å². The Balaban J connectivity index is 0.000000810. The average molecular weight is 135 g/mol. The molecule has 0 aliphatic heterocycles. The molecule has 1 heteroatoms. The molecular weight excluding hydrogens is 122 g/mol. The molecule has 1 aromatic rings. The molecule has 0 saturated carbocycles. The topological polar surface area (TPSA) is 35.0 Å². The molecule has 0 aromatic heterocycles. The van der Waals surface area contributed by atoms with Crippen molar-refractivity contribution in [2.24, 2.45) is 0 Å². The maximum atomic E-state index is 2.08. The van der Waals surface area contributed by atoms with Crippen molar-refractivity contribution in [3.05, 3.63) is 42.0 Å². The van der Waals surface area contributed by atoms with Gasteiger partial charge in [0.15, 0.2) is 0 Å². The highest BCUT2D eigenvalue weighted by atomic mass is 14.0. The van der Waals surface area contributed by atoms with Crippen molar-refractivity contribution in [2.45, 2.75) is 6.92 Å². The number of hydrogen-bond acceptors (Lipinski definition) is 1. The Morgan fingerprint density at radius 3 is 2.20 bits per heavy atom. The van der Waals surface area contributed by atoms with Gasteiger partial charge in [0.25, 0.3) is 0 Å². The molecule has 0 bridgehead atoms. The van der Waals surface area contributed by atoms with Crippen LogP contribution in [0.4, 0.5) is 0 Å². The van der Waals surface area contributed by atoms with E-state index in [-0.39, 0.29) is 6.15 Å². The largest absolute Gasteiger partial charge is 0.344 e. The summed E-state index contributed by atoms with van der Waals surface area (Å²) >= 11 is 0. The monoisotopic (exact) mass is 135 g/mol. The molecule has 54 valence electrons. The Bertz CT molecular complexity index is 189. The Morgan fingerprint density at radius 1 is 1.10 bits per heavy atom. The van der Waals surface area contributed by atoms with Gasteiger partial charge in [0, 0.05) is 0 Å². The summed E-state index contributed by atoms with van der Waals surface area (Å²) in [6, 6.07) is 10.3. The van der Waals surface area contributed by atoms with Crippen molar-refractivity contribution < 1.29 is 0 Å². The Morgan fingerprint density at radius 2 is 1.70 bits per heavy atom. The molecule has 3 N–H and O–H groups in total. The SMILES string of the molecule is CC=Cc1ccccc1.N. The standard InChI is InChI=1S/C9H10.H3N/c1-2-6-9-7-4-3-5-8-9;/h2-8H,1H3;1H3. The molecule has 0 atom stereocenters. The highest BCUT2D eigenvalue weighted by Gasteiger charge is 1.77. The van der Waals surface area contributed by atoms with Crippen LogP contribution >= 0.6 is 0 Å². The molecule has 0 fully saturated rings. The van der Waals surface area contributed by atoms with E-state index in [1.165, 1.54) is 5.56 Å². The predicted octanol–water partition coefficient (Wildman–Crippen LogP) is 2.88. The van der Waals surface area contributed by atoms with Gasteiger partial charge >= 0.3 is 0 Å². The van der Waals surface area contributed by atoms with Crippen molar-refractivity contribution in [1.82, 2.24) is 6.15 Å². The third-order valence-corrected chi connectivity index (χ3v) is 1.16. The molecule has 0 spiro atoms. The molecule has 0 aliphatic rings. The van der Waals surface area contributed by atoms with Crippen LogP contribution in [0.1, 0.15) is 12.5 Å². The van der Waals surface area contributed by atoms with Crippen LogP contribution in [0, 0.1) is 0 Å². The Labute approximate surface area is 62.0 Å². The van der Waals surface area contributed by atoms with Crippen LogP contribution in [0.3, 0.4) is 0 Å². The second-order valence-electron chi connectivity index (χ2n) is 1.91. The molecule has 1 nitrogen and oxygen atoms in total. The highest BCUT2D eigenvalue weighted by Crippen LogP contribution is 1.99. The van der Waals surface area contributed by atoms with Crippen LogP contribution in [-0.2, 0) is 0 Å². The van der Waals surface area contributed by atoms with Crippen molar-refractivity contribution in [3.63, 3.8) is 0 Å². The summed E-state index contributed by atoms with van der Waals surface area (Å²) in [6.07, 6.45) is 4.12. The zero-order valence-electron chi connectivity index (χ0n) is 6.25. The van der Waals surface area contributed by atoms with Gasteiger partial charge in [0.2, 0.25) is 0 Å². The number of allylic oxidation sites excluding steroid dienone is 1. The summed E-state index contributed by atoms with van der Waals surface area (Å²) in [6.45, 7) is 2.02. The van der Waals surface area contributed by atoms with Gasteiger partial charge in [0.1, 0.15) is 0 Å². The average Bonchev–Trinajstić information content (AvgIpc) is 1.91. The van der Waals surface area contributed by atoms with Gasteiger partial charge < -0.3 is 6.15 Å². The fourth-order valence-electron chi connectivity index (χ4n) is 0.757. The summed E-state index contributed by atoms with van der Waals surface area (Å²) in [4.78, 5) is 0. The lowest BCUT2D eigenvalue weighted by Gasteiger charge is -1.86. The summed E-state index contributed by atoms with van der Waals surface area (Å²) in [7, 11) is 0. The van der Waals surface area contributed by atoms with Gasteiger partial charge in [-0.05, 0) is 12.5 Å². The predicted molar refractivity (Wildman–Crippen MR) is 46.2 cm³/mol. The lowest BCUT2D eigenvalue weighted by molar-refractivity contribution is 1.64. The molecule has 0 radical (unpaired) electrons. The second kappa shape index (κ2) is 4.77. The fraction of sp³-hybridized carbons (Fsp3) is 0.111. The van der Waals surface area contributed by atoms with E-state index in [1.54, 1.807) is 0 Å². The van der Waals surface area contributed by atoms with E-state index in [0.717, 1.165) is 0 Å². The van der Waals surface area contributed by atoms with E-state index in [4.69, 9.17) is 0 Å². The molecule has 0 aliphatic carbocycles. The molecule has 0 heterocycles. The Hall–Kier alpha value is -1.08. The third kappa shape index (κ3) is 2.46. The Kier molecular flexibility index (Phi) is 4.25. The normalized spacial score (nSPS) is 9.30. The van der Waals surface area contributed by atoms with E-state index < -0.39 is 0 Å². The van der Waals surface area contributed by atoms with Crippen LogP contribution in [-0.4, -0.2) is 0 Å². The van der Waals surface area contributed by atoms with E-state index in [2.05, 4.69) is 18.2 Å². The molecule has 1 aromatic carbocycles. The van der Waals surface area contributed by atoms with Gasteiger partial charge in [0.05, 0.1) is 0 Å². The zero-order chi connectivity index (χ0) is 6.53. The molecule has 0 saturated heterocycles. The quantitative estimate of drug-likeness (QED) is 0.631. The van der Waals surface area contributed by atoms with Crippen molar-refractivity contribution in [3.8, 4) is 0 Å². The first kappa shape index (κ1) is 8.92. The summed E-state index contributed by atoms with van der Waals surface area (Å²) in [5, 5.41) is 0. The number of hydrogen-bond donors (Lipinski definition) is 1. The number of benzene rings is 1. The molecule has 0 amide bonds. The lowest BCUT2D eigenvalue weighted by atomic mass is 10.2. The molecule has 0 unspecified atom stereocenters. The lowest BCUT2D eigenvalue weighted by Crippen LogP contribution is -1.65. The van der Waals surface area contributed by atoms with Gasteiger partial charge in [-0.2, -0.15) is 0 Å². The van der Waals surface area contributed by atoms with E-state index in [9.17, 15) is 0 Å². The molecule has 10 heavy (non-hydrogen) atoms. The minimum atomic E-state index is 0. The molecular formula is C9H13N. The van der Waals surface area contributed by atoms with Crippen LogP contribution < -0.4 is 6.15 Å². The summed E-state index contributed by atoms with van der Waals surface area (Å²) in [5.74, 6) is 0.